The first-order valence-corrected chi connectivity index (χ1v) is 6.76. The minimum Gasteiger partial charge on any atom is -0.493 e. The summed E-state index contributed by atoms with van der Waals surface area (Å²) in [6, 6.07) is 3.99. The van der Waals surface area contributed by atoms with Crippen molar-refractivity contribution in [1.29, 1.82) is 0 Å². The van der Waals surface area contributed by atoms with E-state index in [4.69, 9.17) is 25.8 Å². The van der Waals surface area contributed by atoms with E-state index in [2.05, 4.69) is 19.2 Å². The Morgan fingerprint density at radius 3 is 2.63 bits per heavy atom. The van der Waals surface area contributed by atoms with Gasteiger partial charge in [0.25, 0.3) is 0 Å². The maximum absolute atomic E-state index is 6.08. The predicted octanol–water partition coefficient (Wildman–Crippen LogP) is 3.22. The van der Waals surface area contributed by atoms with Gasteiger partial charge in [-0.3, -0.25) is 0 Å². The fourth-order valence-electron chi connectivity index (χ4n) is 1.57. The molecule has 4 nitrogen and oxygen atoms in total. The average molecular weight is 288 g/mol. The van der Waals surface area contributed by atoms with E-state index >= 15 is 0 Å². The molecular weight excluding hydrogens is 266 g/mol. The summed E-state index contributed by atoms with van der Waals surface area (Å²) in [4.78, 5) is 0. The van der Waals surface area contributed by atoms with Gasteiger partial charge in [-0.1, -0.05) is 25.4 Å². The molecule has 0 saturated heterocycles. The molecule has 1 rings (SSSR count). The van der Waals surface area contributed by atoms with E-state index in [0.717, 1.165) is 5.56 Å². The van der Waals surface area contributed by atoms with Crippen molar-refractivity contribution >= 4 is 11.6 Å². The van der Waals surface area contributed by atoms with E-state index in [9.17, 15) is 0 Å². The van der Waals surface area contributed by atoms with Gasteiger partial charge in [0.2, 0.25) is 0 Å². The summed E-state index contributed by atoms with van der Waals surface area (Å²) in [6.07, 6.45) is 0. The Hall–Kier alpha value is -0.970. The molecule has 0 bridgehead atoms. The second-order valence-corrected chi connectivity index (χ2v) is 4.82. The smallest absolute Gasteiger partial charge is 0.189 e. The largest absolute Gasteiger partial charge is 0.493 e. The highest BCUT2D eigenvalue weighted by Crippen LogP contribution is 2.34. The van der Waals surface area contributed by atoms with Gasteiger partial charge in [0.05, 0.1) is 7.11 Å². The fraction of sp³-hybridized carbons (Fsp3) is 0.571. The molecule has 1 N–H and O–H groups in total. The molecule has 0 aliphatic carbocycles. The predicted molar refractivity (Wildman–Crippen MR) is 77.1 cm³/mol. The summed E-state index contributed by atoms with van der Waals surface area (Å²) in [7, 11) is 1.60. The minimum atomic E-state index is 0.198. The van der Waals surface area contributed by atoms with Crippen molar-refractivity contribution < 1.29 is 14.2 Å². The third kappa shape index (κ3) is 5.27. The van der Waals surface area contributed by atoms with Crippen LogP contribution in [0.4, 0.5) is 0 Å². The maximum atomic E-state index is 6.08. The number of methoxy groups -OCH3 is 1. The van der Waals surface area contributed by atoms with Gasteiger partial charge < -0.3 is 19.5 Å². The van der Waals surface area contributed by atoms with Crippen LogP contribution in [0.25, 0.3) is 0 Å². The zero-order chi connectivity index (χ0) is 14.3. The minimum absolute atomic E-state index is 0.198. The standard InChI is InChI=1S/C14H22ClNO3/c1-5-18-9-19-14-11(8-16-10(2)3)6-12(15)7-13(14)17-4/h6-7,10,16H,5,8-9H2,1-4H3. The number of rotatable bonds is 8. The van der Waals surface area contributed by atoms with Crippen LogP contribution in [-0.2, 0) is 11.3 Å². The molecule has 0 amide bonds. The molecule has 0 aliphatic rings. The van der Waals surface area contributed by atoms with Crippen molar-refractivity contribution in [2.75, 3.05) is 20.5 Å². The third-order valence-corrected chi connectivity index (χ3v) is 2.73. The molecular formula is C14H22ClNO3. The highest BCUT2D eigenvalue weighted by atomic mass is 35.5. The summed E-state index contributed by atoms with van der Waals surface area (Å²) in [5, 5.41) is 3.96. The van der Waals surface area contributed by atoms with Gasteiger partial charge in [-0.05, 0) is 13.0 Å². The van der Waals surface area contributed by atoms with Gasteiger partial charge in [0.1, 0.15) is 0 Å². The van der Waals surface area contributed by atoms with Gasteiger partial charge in [-0.2, -0.15) is 0 Å². The molecule has 0 saturated carbocycles. The Bertz CT molecular complexity index is 397. The lowest BCUT2D eigenvalue weighted by Crippen LogP contribution is -2.22. The number of hydrogen-bond donors (Lipinski definition) is 1. The molecule has 0 radical (unpaired) electrons. The molecule has 0 aliphatic heterocycles. The van der Waals surface area contributed by atoms with Crippen LogP contribution in [-0.4, -0.2) is 26.6 Å². The normalized spacial score (nSPS) is 10.8. The van der Waals surface area contributed by atoms with Crippen LogP contribution >= 0.6 is 11.6 Å². The lowest BCUT2D eigenvalue weighted by Gasteiger charge is -2.17. The number of ether oxygens (including phenoxy) is 3. The zero-order valence-electron chi connectivity index (χ0n) is 12.0. The Morgan fingerprint density at radius 2 is 2.05 bits per heavy atom. The lowest BCUT2D eigenvalue weighted by atomic mass is 10.1. The molecule has 0 heterocycles. The van der Waals surface area contributed by atoms with Gasteiger partial charge >= 0.3 is 0 Å². The quantitative estimate of drug-likeness (QED) is 0.589. The molecule has 19 heavy (non-hydrogen) atoms. The molecule has 1 aromatic carbocycles. The van der Waals surface area contributed by atoms with Gasteiger partial charge in [0.15, 0.2) is 18.3 Å². The molecule has 0 aromatic heterocycles. The molecule has 108 valence electrons. The summed E-state index contributed by atoms with van der Waals surface area (Å²) >= 11 is 6.08. The second-order valence-electron chi connectivity index (χ2n) is 4.39. The van der Waals surface area contributed by atoms with E-state index in [1.165, 1.54) is 0 Å². The Morgan fingerprint density at radius 1 is 1.32 bits per heavy atom. The molecule has 0 fully saturated rings. The van der Waals surface area contributed by atoms with Crippen LogP contribution in [0.1, 0.15) is 26.3 Å². The van der Waals surface area contributed by atoms with Crippen molar-refractivity contribution in [2.24, 2.45) is 0 Å². The van der Waals surface area contributed by atoms with Crippen LogP contribution in [0.2, 0.25) is 5.02 Å². The zero-order valence-corrected chi connectivity index (χ0v) is 12.7. The van der Waals surface area contributed by atoms with Crippen LogP contribution < -0.4 is 14.8 Å². The lowest BCUT2D eigenvalue weighted by molar-refractivity contribution is 0.0202. The summed E-state index contributed by atoms with van der Waals surface area (Å²) in [5.41, 5.74) is 0.956. The summed E-state index contributed by atoms with van der Waals surface area (Å²) in [6.45, 7) is 7.56. The SMILES string of the molecule is CCOCOc1c(CNC(C)C)cc(Cl)cc1OC. The average Bonchev–Trinajstić information content (AvgIpc) is 2.37. The summed E-state index contributed by atoms with van der Waals surface area (Å²) in [5.74, 6) is 1.29. The van der Waals surface area contributed by atoms with Crippen molar-refractivity contribution in [3.8, 4) is 11.5 Å². The van der Waals surface area contributed by atoms with Crippen LogP contribution in [0.3, 0.4) is 0 Å². The van der Waals surface area contributed by atoms with E-state index in [0.29, 0.717) is 35.7 Å². The number of benzene rings is 1. The van der Waals surface area contributed by atoms with Crippen LogP contribution in [0, 0.1) is 0 Å². The van der Waals surface area contributed by atoms with E-state index in [-0.39, 0.29) is 6.79 Å². The topological polar surface area (TPSA) is 39.7 Å². The monoisotopic (exact) mass is 287 g/mol. The highest BCUT2D eigenvalue weighted by molar-refractivity contribution is 6.30. The van der Waals surface area contributed by atoms with Gasteiger partial charge in [-0.15, -0.1) is 0 Å². The Kier molecular flexibility index (Phi) is 6.99. The molecule has 0 unspecified atom stereocenters. The third-order valence-electron chi connectivity index (χ3n) is 2.51. The van der Waals surface area contributed by atoms with Crippen molar-refractivity contribution in [2.45, 2.75) is 33.4 Å². The number of halogens is 1. The fourth-order valence-corrected chi connectivity index (χ4v) is 1.80. The first-order valence-electron chi connectivity index (χ1n) is 6.38. The molecule has 0 atom stereocenters. The summed E-state index contributed by atoms with van der Waals surface area (Å²) < 4.78 is 16.2. The molecule has 1 aromatic rings. The van der Waals surface area contributed by atoms with Crippen LogP contribution in [0.5, 0.6) is 11.5 Å². The second kappa shape index (κ2) is 8.25. The van der Waals surface area contributed by atoms with Crippen molar-refractivity contribution in [1.82, 2.24) is 5.32 Å². The first kappa shape index (κ1) is 16.1. The highest BCUT2D eigenvalue weighted by Gasteiger charge is 2.13. The Balaban J connectivity index is 2.92. The molecule has 0 spiro atoms. The first-order chi connectivity index (χ1) is 9.08. The van der Waals surface area contributed by atoms with Crippen molar-refractivity contribution in [3.05, 3.63) is 22.7 Å². The van der Waals surface area contributed by atoms with Gasteiger partial charge in [-0.25, -0.2) is 0 Å². The van der Waals surface area contributed by atoms with Gasteiger partial charge in [0, 0.05) is 35.8 Å². The van der Waals surface area contributed by atoms with E-state index < -0.39 is 0 Å². The number of hydrogen-bond acceptors (Lipinski definition) is 4. The van der Waals surface area contributed by atoms with E-state index in [1.54, 1.807) is 13.2 Å². The molecule has 5 heteroatoms. The van der Waals surface area contributed by atoms with E-state index in [1.807, 2.05) is 13.0 Å². The number of nitrogens with one attached hydrogen (secondary N) is 1. The van der Waals surface area contributed by atoms with Crippen LogP contribution in [0.15, 0.2) is 12.1 Å². The maximum Gasteiger partial charge on any atom is 0.189 e. The Labute approximate surface area is 120 Å². The van der Waals surface area contributed by atoms with Crippen molar-refractivity contribution in [3.63, 3.8) is 0 Å².